The maximum Gasteiger partial charge on any atom is 0.253 e. The molecule has 0 bridgehead atoms. The first-order valence-electron chi connectivity index (χ1n) is 11.9. The number of primary amides is 1. The molecule has 4 nitrogen and oxygen atoms in total. The van der Waals surface area contributed by atoms with Gasteiger partial charge in [-0.1, -0.05) is 74.5 Å². The van der Waals surface area contributed by atoms with E-state index in [1.165, 1.54) is 12.2 Å². The minimum Gasteiger partial charge on any atom is -0.369 e. The van der Waals surface area contributed by atoms with Gasteiger partial charge < -0.3 is 5.73 Å². The van der Waals surface area contributed by atoms with Crippen LogP contribution in [0.1, 0.15) is 62.5 Å². The number of hydrogen-bond donors (Lipinski definition) is 1. The van der Waals surface area contributed by atoms with E-state index >= 15 is 0 Å². The smallest absolute Gasteiger partial charge is 0.253 e. The van der Waals surface area contributed by atoms with Gasteiger partial charge in [-0.25, -0.2) is 9.13 Å². The van der Waals surface area contributed by atoms with Gasteiger partial charge in [0, 0.05) is 6.92 Å². The molecule has 2 atom stereocenters. The second kappa shape index (κ2) is 9.32. The molecule has 3 aromatic rings. The highest BCUT2D eigenvalue weighted by Gasteiger charge is 2.51. The average Bonchev–Trinajstić information content (AvgIpc) is 3.41. The molecule has 1 aliphatic rings. The molecule has 2 aromatic carbocycles. The molecule has 4 heteroatoms. The number of aryl methyl sites for hydroxylation is 1. The summed E-state index contributed by atoms with van der Waals surface area (Å²) in [5, 5.41) is 0. The molecule has 0 aliphatic heterocycles. The van der Waals surface area contributed by atoms with Crippen molar-refractivity contribution in [3.8, 4) is 0 Å². The standard InChI is InChI=1S/C28H35N3O/c1-21(2)16-17-30-18-19-31(22(30)3)26-15-14-25(20-26)28(27(29)32,23-10-6-4-7-11-23)24-12-8-5-9-13-24/h4-13,18-19,21,25-26H,14-17,20H2,1-3H3,(H-,29,32)/p+1/t25-,26+/m1/s1. The number of nitrogens with zero attached hydrogens (tertiary/aromatic N) is 2. The zero-order valence-corrected chi connectivity index (χ0v) is 19.6. The Hall–Kier alpha value is -2.88. The van der Waals surface area contributed by atoms with Crippen molar-refractivity contribution >= 4 is 5.91 Å². The lowest BCUT2D eigenvalue weighted by atomic mass is 9.64. The maximum absolute atomic E-state index is 13.3. The fourth-order valence-electron chi connectivity index (χ4n) is 5.67. The fraction of sp³-hybridized carbons (Fsp3) is 0.429. The number of carbonyl (C=O) groups excluding carboxylic acids is 1. The Kier molecular flexibility index (Phi) is 6.50. The predicted molar refractivity (Wildman–Crippen MR) is 128 cm³/mol. The van der Waals surface area contributed by atoms with Crippen molar-refractivity contribution in [2.24, 2.45) is 17.6 Å². The molecule has 1 amide bonds. The van der Waals surface area contributed by atoms with Gasteiger partial charge in [-0.3, -0.25) is 4.79 Å². The lowest BCUT2D eigenvalue weighted by molar-refractivity contribution is -0.703. The van der Waals surface area contributed by atoms with Crippen LogP contribution in [0, 0.1) is 18.8 Å². The van der Waals surface area contributed by atoms with Gasteiger partial charge in [0.1, 0.15) is 23.9 Å². The molecule has 0 unspecified atom stereocenters. The van der Waals surface area contributed by atoms with E-state index in [4.69, 9.17) is 5.73 Å². The average molecular weight is 431 g/mol. The number of nitrogens with two attached hydrogens (primary N) is 1. The van der Waals surface area contributed by atoms with Crippen molar-refractivity contribution in [3.05, 3.63) is 90.0 Å². The number of hydrogen-bond acceptors (Lipinski definition) is 1. The molecule has 0 spiro atoms. The Morgan fingerprint density at radius 3 is 2.19 bits per heavy atom. The summed E-state index contributed by atoms with van der Waals surface area (Å²) in [5.74, 6) is 1.88. The van der Waals surface area contributed by atoms with Gasteiger partial charge in [0.15, 0.2) is 0 Å². The molecule has 1 aliphatic carbocycles. The lowest BCUT2D eigenvalue weighted by Gasteiger charge is -2.37. The van der Waals surface area contributed by atoms with Crippen LogP contribution < -0.4 is 10.3 Å². The van der Waals surface area contributed by atoms with E-state index < -0.39 is 5.41 Å². The summed E-state index contributed by atoms with van der Waals surface area (Å²) in [5.41, 5.74) is 7.44. The minimum atomic E-state index is -0.814. The third-order valence-corrected chi connectivity index (χ3v) is 7.40. The molecular formula is C28H36N3O+. The number of carbonyl (C=O) groups is 1. The van der Waals surface area contributed by atoms with E-state index in [0.717, 1.165) is 36.9 Å². The third kappa shape index (κ3) is 3.99. The van der Waals surface area contributed by atoms with Gasteiger partial charge in [0.25, 0.3) is 5.82 Å². The largest absolute Gasteiger partial charge is 0.369 e. The summed E-state index contributed by atoms with van der Waals surface area (Å²) in [6.07, 6.45) is 8.57. The maximum atomic E-state index is 13.3. The van der Waals surface area contributed by atoms with E-state index in [-0.39, 0.29) is 11.8 Å². The SMILES string of the molecule is Cc1n([C@H]2CC[C@@H](C(C(N)=O)(c3ccccc3)c3ccccc3)C2)cc[n+]1CCC(C)C. The third-order valence-electron chi connectivity index (χ3n) is 7.40. The van der Waals surface area contributed by atoms with Gasteiger partial charge in [0.2, 0.25) is 5.91 Å². The summed E-state index contributed by atoms with van der Waals surface area (Å²) in [6.45, 7) is 7.80. The van der Waals surface area contributed by atoms with Crippen molar-refractivity contribution in [2.45, 2.75) is 64.5 Å². The highest BCUT2D eigenvalue weighted by Crippen LogP contribution is 2.49. The van der Waals surface area contributed by atoms with Gasteiger partial charge in [0.05, 0.1) is 6.54 Å². The number of benzene rings is 2. The topological polar surface area (TPSA) is 51.9 Å². The van der Waals surface area contributed by atoms with Crippen molar-refractivity contribution < 1.29 is 9.36 Å². The van der Waals surface area contributed by atoms with Crippen LogP contribution in [0.5, 0.6) is 0 Å². The monoisotopic (exact) mass is 430 g/mol. The van der Waals surface area contributed by atoms with E-state index in [1.807, 2.05) is 36.4 Å². The highest BCUT2D eigenvalue weighted by molar-refractivity contribution is 5.91. The van der Waals surface area contributed by atoms with Gasteiger partial charge in [-0.15, -0.1) is 0 Å². The van der Waals surface area contributed by atoms with Crippen LogP contribution in [0.25, 0.3) is 0 Å². The molecule has 1 saturated carbocycles. The summed E-state index contributed by atoms with van der Waals surface area (Å²) in [7, 11) is 0. The Labute approximate surface area is 192 Å². The van der Waals surface area contributed by atoms with Crippen LogP contribution in [0.4, 0.5) is 0 Å². The van der Waals surface area contributed by atoms with E-state index in [2.05, 4.69) is 66.6 Å². The second-order valence-electron chi connectivity index (χ2n) is 9.70. The van der Waals surface area contributed by atoms with Crippen LogP contribution in [0.3, 0.4) is 0 Å². The van der Waals surface area contributed by atoms with Crippen molar-refractivity contribution in [1.29, 1.82) is 0 Å². The Morgan fingerprint density at radius 2 is 1.66 bits per heavy atom. The summed E-state index contributed by atoms with van der Waals surface area (Å²) in [4.78, 5) is 13.3. The summed E-state index contributed by atoms with van der Waals surface area (Å²) < 4.78 is 4.78. The molecule has 168 valence electrons. The highest BCUT2D eigenvalue weighted by atomic mass is 16.1. The zero-order chi connectivity index (χ0) is 22.7. The molecule has 1 fully saturated rings. The normalized spacial score (nSPS) is 18.9. The molecule has 32 heavy (non-hydrogen) atoms. The molecule has 0 radical (unpaired) electrons. The van der Waals surface area contributed by atoms with Gasteiger partial charge >= 0.3 is 0 Å². The molecular weight excluding hydrogens is 394 g/mol. The molecule has 0 saturated heterocycles. The zero-order valence-electron chi connectivity index (χ0n) is 19.6. The van der Waals surface area contributed by atoms with E-state index in [1.54, 1.807) is 0 Å². The number of amides is 1. The minimum absolute atomic E-state index is 0.153. The van der Waals surface area contributed by atoms with Crippen LogP contribution in [0.2, 0.25) is 0 Å². The Balaban J connectivity index is 1.69. The summed E-state index contributed by atoms with van der Waals surface area (Å²) in [6, 6.07) is 20.7. The molecule has 1 heterocycles. The predicted octanol–water partition coefficient (Wildman–Crippen LogP) is 4.94. The number of imidazole rings is 1. The molecule has 2 N–H and O–H groups in total. The van der Waals surface area contributed by atoms with Crippen LogP contribution in [-0.2, 0) is 16.8 Å². The molecule has 4 rings (SSSR count). The summed E-state index contributed by atoms with van der Waals surface area (Å²) >= 11 is 0. The van der Waals surface area contributed by atoms with E-state index in [9.17, 15) is 4.79 Å². The van der Waals surface area contributed by atoms with Crippen LogP contribution in [-0.4, -0.2) is 10.5 Å². The van der Waals surface area contributed by atoms with Gasteiger partial charge in [-0.2, -0.15) is 0 Å². The Bertz CT molecular complexity index is 1000. The van der Waals surface area contributed by atoms with Crippen LogP contribution in [0.15, 0.2) is 73.1 Å². The first kappa shape index (κ1) is 22.3. The van der Waals surface area contributed by atoms with Crippen molar-refractivity contribution in [1.82, 2.24) is 4.57 Å². The van der Waals surface area contributed by atoms with Crippen LogP contribution >= 0.6 is 0 Å². The van der Waals surface area contributed by atoms with Crippen molar-refractivity contribution in [3.63, 3.8) is 0 Å². The molecule has 1 aromatic heterocycles. The van der Waals surface area contributed by atoms with Gasteiger partial charge in [-0.05, 0) is 48.6 Å². The fourth-order valence-corrected chi connectivity index (χ4v) is 5.67. The Morgan fingerprint density at radius 1 is 1.06 bits per heavy atom. The van der Waals surface area contributed by atoms with E-state index in [0.29, 0.717) is 12.0 Å². The number of rotatable bonds is 8. The quantitative estimate of drug-likeness (QED) is 0.506. The second-order valence-corrected chi connectivity index (χ2v) is 9.70. The first-order chi connectivity index (χ1) is 15.4. The first-order valence-corrected chi connectivity index (χ1v) is 11.9. The number of aromatic nitrogens is 2. The lowest BCUT2D eigenvalue weighted by Crippen LogP contribution is -2.47. The van der Waals surface area contributed by atoms with Crippen molar-refractivity contribution in [2.75, 3.05) is 0 Å².